The molecule has 0 spiro atoms. The van der Waals surface area contributed by atoms with E-state index < -0.39 is 0 Å². The molecule has 3 N–H and O–H groups in total. The van der Waals surface area contributed by atoms with Crippen molar-refractivity contribution in [1.29, 1.82) is 0 Å². The summed E-state index contributed by atoms with van der Waals surface area (Å²) in [4.78, 5) is 0. The van der Waals surface area contributed by atoms with E-state index in [2.05, 4.69) is 27.4 Å². The standard InChI is InChI=1S/C14H18BrClN2/c15-9-5-4-8(12(16)7-9)6-13(18-17)14-10-2-1-3-11(10)14/h4-5,7,10-11,13-14,18H,1-3,6,17H2. The lowest BCUT2D eigenvalue weighted by Crippen LogP contribution is -2.39. The first kappa shape index (κ1) is 12.9. The zero-order chi connectivity index (χ0) is 12.7. The third kappa shape index (κ3) is 2.34. The summed E-state index contributed by atoms with van der Waals surface area (Å²) in [6.45, 7) is 0. The van der Waals surface area contributed by atoms with Gasteiger partial charge < -0.3 is 0 Å². The zero-order valence-electron chi connectivity index (χ0n) is 10.2. The molecule has 0 aromatic heterocycles. The second-order valence-electron chi connectivity index (χ2n) is 5.55. The maximum absolute atomic E-state index is 6.28. The average molecular weight is 330 g/mol. The molecule has 1 aromatic rings. The molecular weight excluding hydrogens is 312 g/mol. The monoisotopic (exact) mass is 328 g/mol. The van der Waals surface area contributed by atoms with Crippen LogP contribution in [0.1, 0.15) is 24.8 Å². The van der Waals surface area contributed by atoms with Crippen LogP contribution >= 0.6 is 27.5 Å². The molecule has 98 valence electrons. The highest BCUT2D eigenvalue weighted by Gasteiger charge is 2.55. The van der Waals surface area contributed by atoms with E-state index in [0.717, 1.165) is 33.7 Å². The smallest absolute Gasteiger partial charge is 0.0449 e. The number of hydrogen-bond acceptors (Lipinski definition) is 2. The van der Waals surface area contributed by atoms with Crippen molar-refractivity contribution >= 4 is 27.5 Å². The van der Waals surface area contributed by atoms with Crippen LogP contribution in [0.4, 0.5) is 0 Å². The molecule has 2 aliphatic rings. The van der Waals surface area contributed by atoms with Crippen molar-refractivity contribution in [1.82, 2.24) is 5.43 Å². The lowest BCUT2D eigenvalue weighted by molar-refractivity contribution is 0.410. The fourth-order valence-corrected chi connectivity index (χ4v) is 4.45. The number of hydrazine groups is 1. The van der Waals surface area contributed by atoms with Gasteiger partial charge in [-0.05, 0) is 54.7 Å². The minimum atomic E-state index is 0.374. The van der Waals surface area contributed by atoms with Crippen LogP contribution in [0.15, 0.2) is 22.7 Å². The molecule has 3 unspecified atom stereocenters. The lowest BCUT2D eigenvalue weighted by Gasteiger charge is -2.18. The van der Waals surface area contributed by atoms with E-state index >= 15 is 0 Å². The van der Waals surface area contributed by atoms with Crippen LogP contribution in [0.3, 0.4) is 0 Å². The Balaban J connectivity index is 1.70. The third-order valence-electron chi connectivity index (χ3n) is 4.61. The van der Waals surface area contributed by atoms with Crippen LogP contribution in [-0.2, 0) is 6.42 Å². The molecule has 4 heteroatoms. The largest absolute Gasteiger partial charge is 0.271 e. The second kappa shape index (κ2) is 5.12. The van der Waals surface area contributed by atoms with E-state index in [1.807, 2.05) is 12.1 Å². The molecule has 0 aliphatic heterocycles. The number of hydrogen-bond donors (Lipinski definition) is 2. The van der Waals surface area contributed by atoms with Crippen LogP contribution < -0.4 is 11.3 Å². The Kier molecular flexibility index (Phi) is 3.68. The number of nitrogens with one attached hydrogen (secondary N) is 1. The highest BCUT2D eigenvalue weighted by Crippen LogP contribution is 2.59. The summed E-state index contributed by atoms with van der Waals surface area (Å²) in [5, 5.41) is 0.829. The molecule has 3 atom stereocenters. The summed E-state index contributed by atoms with van der Waals surface area (Å²) in [5.41, 5.74) is 4.20. The Labute approximate surface area is 121 Å². The van der Waals surface area contributed by atoms with Crippen molar-refractivity contribution in [2.45, 2.75) is 31.7 Å². The summed E-state index contributed by atoms with van der Waals surface area (Å²) in [6.07, 6.45) is 5.12. The molecule has 0 amide bonds. The molecule has 2 nitrogen and oxygen atoms in total. The van der Waals surface area contributed by atoms with Crippen molar-refractivity contribution in [2.75, 3.05) is 0 Å². The molecule has 1 aromatic carbocycles. The SMILES string of the molecule is NNC(Cc1ccc(Br)cc1Cl)C1C2CCCC21. The van der Waals surface area contributed by atoms with Crippen LogP contribution in [0.2, 0.25) is 5.02 Å². The number of nitrogens with two attached hydrogens (primary N) is 1. The van der Waals surface area contributed by atoms with E-state index in [1.54, 1.807) is 0 Å². The fraction of sp³-hybridized carbons (Fsp3) is 0.571. The van der Waals surface area contributed by atoms with Crippen LogP contribution in [0, 0.1) is 17.8 Å². The Morgan fingerprint density at radius 1 is 1.39 bits per heavy atom. The van der Waals surface area contributed by atoms with Crippen molar-refractivity contribution < 1.29 is 0 Å². The minimum absolute atomic E-state index is 0.374. The highest BCUT2D eigenvalue weighted by atomic mass is 79.9. The van der Waals surface area contributed by atoms with Gasteiger partial charge in [0.2, 0.25) is 0 Å². The maximum atomic E-state index is 6.28. The number of fused-ring (bicyclic) bond motifs is 1. The predicted octanol–water partition coefficient (Wildman–Crippen LogP) is 3.52. The van der Waals surface area contributed by atoms with Crippen molar-refractivity contribution in [3.8, 4) is 0 Å². The summed E-state index contributed by atoms with van der Waals surface area (Å²) < 4.78 is 1.02. The molecule has 3 rings (SSSR count). The van der Waals surface area contributed by atoms with Gasteiger partial charge in [-0.1, -0.05) is 40.0 Å². The summed E-state index contributed by atoms with van der Waals surface area (Å²) in [5.74, 6) is 8.34. The van der Waals surface area contributed by atoms with E-state index in [-0.39, 0.29) is 0 Å². The molecule has 18 heavy (non-hydrogen) atoms. The van der Waals surface area contributed by atoms with Gasteiger partial charge in [-0.2, -0.15) is 0 Å². The molecule has 0 heterocycles. The van der Waals surface area contributed by atoms with Gasteiger partial charge in [0, 0.05) is 15.5 Å². The number of halogens is 2. The van der Waals surface area contributed by atoms with Gasteiger partial charge in [-0.25, -0.2) is 0 Å². The van der Waals surface area contributed by atoms with Gasteiger partial charge in [-0.15, -0.1) is 0 Å². The second-order valence-corrected chi connectivity index (χ2v) is 6.87. The quantitative estimate of drug-likeness (QED) is 0.655. The first-order valence-corrected chi connectivity index (χ1v) is 7.78. The van der Waals surface area contributed by atoms with Crippen LogP contribution in [0.25, 0.3) is 0 Å². The molecular formula is C14H18BrClN2. The Morgan fingerprint density at radius 2 is 2.11 bits per heavy atom. The molecule has 0 radical (unpaired) electrons. The van der Waals surface area contributed by atoms with Crippen molar-refractivity contribution in [3.05, 3.63) is 33.3 Å². The summed E-state index contributed by atoms with van der Waals surface area (Å²) in [6, 6.07) is 6.47. The maximum Gasteiger partial charge on any atom is 0.0449 e. The van der Waals surface area contributed by atoms with E-state index in [0.29, 0.717) is 6.04 Å². The highest BCUT2D eigenvalue weighted by molar-refractivity contribution is 9.10. The predicted molar refractivity (Wildman–Crippen MR) is 78.3 cm³/mol. The van der Waals surface area contributed by atoms with Crippen molar-refractivity contribution in [2.24, 2.45) is 23.6 Å². The van der Waals surface area contributed by atoms with Crippen molar-refractivity contribution in [3.63, 3.8) is 0 Å². The Hall–Kier alpha value is -0.0900. The fourth-order valence-electron chi connectivity index (χ4n) is 3.70. The Morgan fingerprint density at radius 3 is 2.72 bits per heavy atom. The molecule has 2 aliphatic carbocycles. The summed E-state index contributed by atoms with van der Waals surface area (Å²) in [7, 11) is 0. The first-order valence-electron chi connectivity index (χ1n) is 6.60. The van der Waals surface area contributed by atoms with Gasteiger partial charge in [0.15, 0.2) is 0 Å². The average Bonchev–Trinajstić information content (AvgIpc) is 2.82. The van der Waals surface area contributed by atoms with E-state index in [4.69, 9.17) is 17.4 Å². The molecule has 0 bridgehead atoms. The van der Waals surface area contributed by atoms with Gasteiger partial charge in [-0.3, -0.25) is 11.3 Å². The minimum Gasteiger partial charge on any atom is -0.271 e. The summed E-state index contributed by atoms with van der Waals surface area (Å²) >= 11 is 9.71. The van der Waals surface area contributed by atoms with E-state index in [9.17, 15) is 0 Å². The topological polar surface area (TPSA) is 38.0 Å². The lowest BCUT2D eigenvalue weighted by atomic mass is 9.98. The van der Waals surface area contributed by atoms with Gasteiger partial charge in [0.25, 0.3) is 0 Å². The van der Waals surface area contributed by atoms with Gasteiger partial charge >= 0.3 is 0 Å². The first-order chi connectivity index (χ1) is 8.70. The van der Waals surface area contributed by atoms with E-state index in [1.165, 1.54) is 24.8 Å². The van der Waals surface area contributed by atoms with Gasteiger partial charge in [0.05, 0.1) is 0 Å². The number of benzene rings is 1. The van der Waals surface area contributed by atoms with Gasteiger partial charge in [0.1, 0.15) is 0 Å². The van der Waals surface area contributed by atoms with Crippen LogP contribution in [-0.4, -0.2) is 6.04 Å². The molecule has 0 saturated heterocycles. The third-order valence-corrected chi connectivity index (χ3v) is 5.45. The normalized spacial score (nSPS) is 31.2. The van der Waals surface area contributed by atoms with Crippen LogP contribution in [0.5, 0.6) is 0 Å². The molecule has 2 saturated carbocycles. The molecule has 2 fully saturated rings. The number of rotatable bonds is 4. The Bertz CT molecular complexity index is 441. The zero-order valence-corrected chi connectivity index (χ0v) is 12.5.